The second kappa shape index (κ2) is 6.90. The molecule has 0 aliphatic heterocycles. The summed E-state index contributed by atoms with van der Waals surface area (Å²) in [7, 11) is -0.451. The van der Waals surface area contributed by atoms with Gasteiger partial charge in [0.25, 0.3) is 15.9 Å². The van der Waals surface area contributed by atoms with E-state index in [2.05, 4.69) is 9.71 Å². The van der Waals surface area contributed by atoms with E-state index >= 15 is 0 Å². The van der Waals surface area contributed by atoms with Crippen molar-refractivity contribution in [3.05, 3.63) is 40.4 Å². The van der Waals surface area contributed by atoms with Crippen molar-refractivity contribution < 1.29 is 13.2 Å². The molecule has 130 valence electrons. The third kappa shape index (κ3) is 3.93. The molecule has 0 spiro atoms. The molecule has 1 N–H and O–H groups in total. The third-order valence-electron chi connectivity index (χ3n) is 3.48. The van der Waals surface area contributed by atoms with E-state index in [1.165, 1.54) is 4.90 Å². The first-order chi connectivity index (χ1) is 11.1. The van der Waals surface area contributed by atoms with Gasteiger partial charge < -0.3 is 4.90 Å². The summed E-state index contributed by atoms with van der Waals surface area (Å²) in [5, 5.41) is 0.186. The molecule has 0 aliphatic rings. The Morgan fingerprint density at radius 2 is 1.79 bits per heavy atom. The Hall–Kier alpha value is -1.93. The quantitative estimate of drug-likeness (QED) is 0.881. The SMILES string of the molecule is Cc1nc(NS(=O)(=O)c2ccc(C(C)C)cc2)sc1C(=O)N(C)C. The van der Waals surface area contributed by atoms with Crippen LogP contribution in [0.2, 0.25) is 0 Å². The van der Waals surface area contributed by atoms with Crippen molar-refractivity contribution in [2.24, 2.45) is 0 Å². The summed E-state index contributed by atoms with van der Waals surface area (Å²) in [6.45, 7) is 5.77. The molecule has 0 fully saturated rings. The summed E-state index contributed by atoms with van der Waals surface area (Å²) in [5.41, 5.74) is 1.57. The largest absolute Gasteiger partial charge is 0.344 e. The lowest BCUT2D eigenvalue weighted by molar-refractivity contribution is 0.0831. The number of nitrogens with zero attached hydrogens (tertiary/aromatic N) is 2. The van der Waals surface area contributed by atoms with E-state index < -0.39 is 10.0 Å². The van der Waals surface area contributed by atoms with Gasteiger partial charge >= 0.3 is 0 Å². The molecule has 1 heterocycles. The minimum atomic E-state index is -3.73. The van der Waals surface area contributed by atoms with Gasteiger partial charge in [0.05, 0.1) is 10.6 Å². The van der Waals surface area contributed by atoms with E-state index in [1.807, 2.05) is 13.8 Å². The molecule has 6 nitrogen and oxygen atoms in total. The highest BCUT2D eigenvalue weighted by molar-refractivity contribution is 7.93. The van der Waals surface area contributed by atoms with Crippen molar-refractivity contribution in [3.8, 4) is 0 Å². The van der Waals surface area contributed by atoms with Crippen LogP contribution in [-0.2, 0) is 10.0 Å². The molecule has 0 saturated carbocycles. The first kappa shape index (κ1) is 18.4. The van der Waals surface area contributed by atoms with Crippen LogP contribution < -0.4 is 4.72 Å². The molecule has 0 radical (unpaired) electrons. The maximum atomic E-state index is 12.5. The molecule has 8 heteroatoms. The monoisotopic (exact) mass is 367 g/mol. The summed E-state index contributed by atoms with van der Waals surface area (Å²) < 4.78 is 27.4. The van der Waals surface area contributed by atoms with Gasteiger partial charge in [-0.05, 0) is 30.5 Å². The fourth-order valence-electron chi connectivity index (χ4n) is 2.05. The third-order valence-corrected chi connectivity index (χ3v) is 6.02. The van der Waals surface area contributed by atoms with Crippen LogP contribution in [0.4, 0.5) is 5.13 Å². The molecule has 0 unspecified atom stereocenters. The number of carbonyl (C=O) groups is 1. The number of aromatic nitrogens is 1. The van der Waals surface area contributed by atoms with Crippen LogP contribution in [-0.4, -0.2) is 38.3 Å². The Morgan fingerprint density at radius 3 is 2.29 bits per heavy atom. The predicted octanol–water partition coefficient (Wildman–Crippen LogP) is 3.08. The second-order valence-corrected chi connectivity index (χ2v) is 8.64. The molecule has 1 amide bonds. The minimum absolute atomic E-state index is 0.167. The molecule has 0 bridgehead atoms. The number of aryl methyl sites for hydroxylation is 1. The van der Waals surface area contributed by atoms with Gasteiger partial charge in [-0.15, -0.1) is 0 Å². The van der Waals surface area contributed by atoms with E-state index in [9.17, 15) is 13.2 Å². The summed E-state index contributed by atoms with van der Waals surface area (Å²) in [6, 6.07) is 6.74. The number of hydrogen-bond acceptors (Lipinski definition) is 5. The van der Waals surface area contributed by atoms with E-state index in [0.717, 1.165) is 16.9 Å². The van der Waals surface area contributed by atoms with E-state index in [4.69, 9.17) is 0 Å². The summed E-state index contributed by atoms with van der Waals surface area (Å²) in [4.78, 5) is 18.2. The number of nitrogens with one attached hydrogen (secondary N) is 1. The van der Waals surface area contributed by atoms with Crippen LogP contribution in [0, 0.1) is 6.92 Å². The number of rotatable bonds is 5. The number of benzene rings is 1. The van der Waals surface area contributed by atoms with Crippen LogP contribution in [0.3, 0.4) is 0 Å². The van der Waals surface area contributed by atoms with Crippen LogP contribution in [0.25, 0.3) is 0 Å². The number of amides is 1. The number of anilines is 1. The fraction of sp³-hybridized carbons (Fsp3) is 0.375. The molecular weight excluding hydrogens is 346 g/mol. The molecule has 0 atom stereocenters. The van der Waals surface area contributed by atoms with Gasteiger partial charge in [-0.2, -0.15) is 0 Å². The van der Waals surface area contributed by atoms with Crippen LogP contribution in [0.1, 0.15) is 40.7 Å². The van der Waals surface area contributed by atoms with E-state index in [0.29, 0.717) is 16.5 Å². The van der Waals surface area contributed by atoms with Crippen LogP contribution in [0.15, 0.2) is 29.2 Å². The molecule has 0 saturated heterocycles. The van der Waals surface area contributed by atoms with Gasteiger partial charge in [0.1, 0.15) is 4.88 Å². The first-order valence-electron chi connectivity index (χ1n) is 7.43. The summed E-state index contributed by atoms with van der Waals surface area (Å²) >= 11 is 1.03. The maximum absolute atomic E-state index is 12.5. The Labute approximate surface area is 146 Å². The van der Waals surface area contributed by atoms with E-state index in [1.54, 1.807) is 45.3 Å². The number of thiazole rings is 1. The average molecular weight is 367 g/mol. The van der Waals surface area contributed by atoms with Crippen LogP contribution in [0.5, 0.6) is 0 Å². The smallest absolute Gasteiger partial charge is 0.265 e. The Bertz CT molecular complexity index is 838. The normalized spacial score (nSPS) is 11.6. The standard InChI is InChI=1S/C16H21N3O3S2/c1-10(2)12-6-8-13(9-7-12)24(21,22)18-16-17-11(3)14(23-16)15(20)19(4)5/h6-10H,1-5H3,(H,17,18). The highest BCUT2D eigenvalue weighted by Crippen LogP contribution is 2.26. The predicted molar refractivity (Wildman–Crippen MR) is 96.2 cm³/mol. The highest BCUT2D eigenvalue weighted by Gasteiger charge is 2.21. The molecule has 2 rings (SSSR count). The van der Waals surface area contributed by atoms with Gasteiger partial charge in [0, 0.05) is 14.1 Å². The number of carbonyl (C=O) groups excluding carboxylic acids is 1. The summed E-state index contributed by atoms with van der Waals surface area (Å²) in [5.74, 6) is 0.132. The van der Waals surface area contributed by atoms with Crippen LogP contribution >= 0.6 is 11.3 Å². The Kier molecular flexibility index (Phi) is 5.29. The van der Waals surface area contributed by atoms with Gasteiger partial charge in [-0.25, -0.2) is 13.4 Å². The lowest BCUT2D eigenvalue weighted by Gasteiger charge is -2.08. The van der Waals surface area contributed by atoms with Crippen molar-refractivity contribution in [3.63, 3.8) is 0 Å². The lowest BCUT2D eigenvalue weighted by Crippen LogP contribution is -2.21. The topological polar surface area (TPSA) is 79.4 Å². The zero-order valence-electron chi connectivity index (χ0n) is 14.3. The molecule has 1 aromatic heterocycles. The Balaban J connectivity index is 2.26. The van der Waals surface area contributed by atoms with Gasteiger partial charge in [-0.1, -0.05) is 37.3 Å². The van der Waals surface area contributed by atoms with Crippen molar-refractivity contribution in [1.29, 1.82) is 0 Å². The summed E-state index contributed by atoms with van der Waals surface area (Å²) in [6.07, 6.45) is 0. The van der Waals surface area contributed by atoms with E-state index in [-0.39, 0.29) is 15.9 Å². The lowest BCUT2D eigenvalue weighted by atomic mass is 10.0. The first-order valence-corrected chi connectivity index (χ1v) is 9.73. The van der Waals surface area contributed by atoms with Gasteiger partial charge in [-0.3, -0.25) is 9.52 Å². The van der Waals surface area contributed by atoms with Crippen molar-refractivity contribution in [2.75, 3.05) is 18.8 Å². The fourth-order valence-corrected chi connectivity index (χ4v) is 4.27. The van der Waals surface area contributed by atoms with Gasteiger partial charge in [0.2, 0.25) is 0 Å². The zero-order chi connectivity index (χ0) is 18.1. The molecule has 2 aromatic rings. The molecular formula is C16H21N3O3S2. The molecule has 0 aliphatic carbocycles. The van der Waals surface area contributed by atoms with Crippen molar-refractivity contribution >= 4 is 32.4 Å². The maximum Gasteiger partial charge on any atom is 0.265 e. The number of sulfonamides is 1. The number of hydrogen-bond donors (Lipinski definition) is 1. The second-order valence-electron chi connectivity index (χ2n) is 5.96. The molecule has 1 aromatic carbocycles. The van der Waals surface area contributed by atoms with Crippen molar-refractivity contribution in [1.82, 2.24) is 9.88 Å². The highest BCUT2D eigenvalue weighted by atomic mass is 32.2. The Morgan fingerprint density at radius 1 is 1.21 bits per heavy atom. The average Bonchev–Trinajstić information content (AvgIpc) is 2.86. The van der Waals surface area contributed by atoms with Gasteiger partial charge in [0.15, 0.2) is 5.13 Å². The molecule has 24 heavy (non-hydrogen) atoms. The minimum Gasteiger partial charge on any atom is -0.344 e. The van der Waals surface area contributed by atoms with Crippen molar-refractivity contribution in [2.45, 2.75) is 31.6 Å². The zero-order valence-corrected chi connectivity index (χ0v) is 16.0.